The average molecular weight is 519 g/mol. The van der Waals surface area contributed by atoms with Gasteiger partial charge in [-0.05, 0) is 60.1 Å². The molecule has 0 radical (unpaired) electrons. The third-order valence-corrected chi connectivity index (χ3v) is 6.96. The molecule has 1 N–H and O–H groups in total. The van der Waals surface area contributed by atoms with Gasteiger partial charge in [-0.15, -0.1) is 0 Å². The van der Waals surface area contributed by atoms with Gasteiger partial charge in [-0.25, -0.2) is 9.78 Å². The first kappa shape index (κ1) is 22.8. The summed E-state index contributed by atoms with van der Waals surface area (Å²) in [5.74, 6) is 0.697. The third kappa shape index (κ3) is 4.40. The average Bonchev–Trinajstić information content (AvgIpc) is 2.77. The zero-order valence-electron chi connectivity index (χ0n) is 18.2. The maximum absolute atomic E-state index is 12.9. The highest BCUT2D eigenvalue weighted by Crippen LogP contribution is 2.25. The van der Waals surface area contributed by atoms with Crippen LogP contribution in [0.1, 0.15) is 25.7 Å². The number of hydrogen-bond acceptors (Lipinski definition) is 4. The van der Waals surface area contributed by atoms with Crippen molar-refractivity contribution in [2.24, 2.45) is 7.05 Å². The summed E-state index contributed by atoms with van der Waals surface area (Å²) in [4.78, 5) is 34.6. The van der Waals surface area contributed by atoms with Crippen molar-refractivity contribution in [2.45, 2.75) is 25.9 Å². The minimum absolute atomic E-state index is 0.00461. The van der Waals surface area contributed by atoms with Crippen molar-refractivity contribution in [1.29, 1.82) is 0 Å². The van der Waals surface area contributed by atoms with Gasteiger partial charge in [0.2, 0.25) is 0 Å². The van der Waals surface area contributed by atoms with E-state index < -0.39 is 0 Å². The van der Waals surface area contributed by atoms with Crippen LogP contribution in [0.5, 0.6) is 0 Å². The molecule has 9 heteroatoms. The predicted molar refractivity (Wildman–Crippen MR) is 131 cm³/mol. The van der Waals surface area contributed by atoms with Gasteiger partial charge in [0.15, 0.2) is 0 Å². The van der Waals surface area contributed by atoms with E-state index in [1.807, 2.05) is 43.0 Å². The molecule has 0 saturated carbocycles. The molecule has 4 rings (SSSR count). The van der Waals surface area contributed by atoms with Crippen molar-refractivity contribution in [3.8, 4) is 0 Å². The van der Waals surface area contributed by atoms with Gasteiger partial charge in [0.05, 0.1) is 22.6 Å². The first-order valence-electron chi connectivity index (χ1n) is 10.5. The summed E-state index contributed by atoms with van der Waals surface area (Å²) in [5, 5.41) is 4.01. The standard InChI is InChI=1S/C23H25BrClN5O2/c1-14-13-29(10-11-30(14)23(32)27-20-7-5-4-6-18(20)24)15(2)21-26-19-9-8-16(25)12-17(19)22(31)28(21)3/h4-9,12,14-15H,10-11,13H2,1-3H3,(H,27,32). The van der Waals surface area contributed by atoms with Crippen LogP contribution in [-0.2, 0) is 7.05 Å². The molecule has 2 unspecified atom stereocenters. The molecule has 0 spiro atoms. The van der Waals surface area contributed by atoms with Crippen molar-refractivity contribution in [3.63, 3.8) is 0 Å². The Hall–Kier alpha value is -2.42. The number of amides is 2. The summed E-state index contributed by atoms with van der Waals surface area (Å²) in [5.41, 5.74) is 1.27. The first-order chi connectivity index (χ1) is 15.3. The van der Waals surface area contributed by atoms with Crippen LogP contribution in [0.3, 0.4) is 0 Å². The van der Waals surface area contributed by atoms with Crippen LogP contribution < -0.4 is 10.9 Å². The molecule has 168 valence electrons. The molecule has 0 aliphatic carbocycles. The van der Waals surface area contributed by atoms with E-state index in [0.717, 1.165) is 10.2 Å². The Balaban J connectivity index is 1.50. The topological polar surface area (TPSA) is 70.5 Å². The van der Waals surface area contributed by atoms with Crippen molar-refractivity contribution in [3.05, 3.63) is 68.1 Å². The SMILES string of the molecule is CC(c1nc2ccc(Cl)cc2c(=O)n1C)N1CCN(C(=O)Nc2ccccc2Br)C(C)C1. The zero-order chi connectivity index (χ0) is 23.0. The van der Waals surface area contributed by atoms with Crippen LogP contribution in [0.4, 0.5) is 10.5 Å². The zero-order valence-corrected chi connectivity index (χ0v) is 20.5. The highest BCUT2D eigenvalue weighted by atomic mass is 79.9. The van der Waals surface area contributed by atoms with Gasteiger partial charge in [-0.3, -0.25) is 14.3 Å². The molecular weight excluding hydrogens is 494 g/mol. The fourth-order valence-electron chi connectivity index (χ4n) is 4.19. The Kier molecular flexibility index (Phi) is 6.55. The number of piperazine rings is 1. The quantitative estimate of drug-likeness (QED) is 0.548. The van der Waals surface area contributed by atoms with Gasteiger partial charge in [-0.1, -0.05) is 23.7 Å². The predicted octanol–water partition coefficient (Wildman–Crippen LogP) is 4.65. The highest BCUT2D eigenvalue weighted by molar-refractivity contribution is 9.10. The number of hydrogen-bond donors (Lipinski definition) is 1. The minimum atomic E-state index is -0.121. The lowest BCUT2D eigenvalue weighted by atomic mass is 10.1. The fraction of sp³-hybridized carbons (Fsp3) is 0.348. The van der Waals surface area contributed by atoms with Crippen LogP contribution in [0.25, 0.3) is 10.9 Å². The van der Waals surface area contributed by atoms with Crippen molar-refractivity contribution >= 4 is 50.2 Å². The number of carbonyl (C=O) groups excluding carboxylic acids is 1. The second kappa shape index (κ2) is 9.21. The van der Waals surface area contributed by atoms with E-state index in [-0.39, 0.29) is 23.7 Å². The van der Waals surface area contributed by atoms with E-state index in [2.05, 4.69) is 26.1 Å². The van der Waals surface area contributed by atoms with Crippen LogP contribution in [0.15, 0.2) is 51.7 Å². The molecule has 7 nitrogen and oxygen atoms in total. The molecule has 2 amide bonds. The number of para-hydroxylation sites is 1. The Morgan fingerprint density at radius 2 is 2.00 bits per heavy atom. The number of halogens is 2. The summed E-state index contributed by atoms with van der Waals surface area (Å²) in [6, 6.07) is 12.5. The van der Waals surface area contributed by atoms with Crippen molar-refractivity contribution in [1.82, 2.24) is 19.4 Å². The summed E-state index contributed by atoms with van der Waals surface area (Å²) >= 11 is 9.53. The maximum atomic E-state index is 12.9. The molecule has 3 aromatic rings. The second-order valence-corrected chi connectivity index (χ2v) is 9.41. The van der Waals surface area contributed by atoms with E-state index >= 15 is 0 Å². The number of aromatic nitrogens is 2. The Bertz CT molecular complexity index is 1230. The van der Waals surface area contributed by atoms with Crippen LogP contribution in [0.2, 0.25) is 5.02 Å². The molecule has 1 aromatic heterocycles. The van der Waals surface area contributed by atoms with Crippen molar-refractivity contribution in [2.75, 3.05) is 25.0 Å². The van der Waals surface area contributed by atoms with Crippen molar-refractivity contribution < 1.29 is 4.79 Å². The number of fused-ring (bicyclic) bond motifs is 1. The highest BCUT2D eigenvalue weighted by Gasteiger charge is 2.31. The molecule has 2 aromatic carbocycles. The summed E-state index contributed by atoms with van der Waals surface area (Å²) in [7, 11) is 1.74. The number of nitrogens with one attached hydrogen (secondary N) is 1. The second-order valence-electron chi connectivity index (χ2n) is 8.12. The molecule has 2 heterocycles. The number of carbonyl (C=O) groups is 1. The molecular formula is C23H25BrClN5O2. The van der Waals surface area contributed by atoms with Gasteiger partial charge in [0.25, 0.3) is 5.56 Å². The number of nitrogens with zero attached hydrogens (tertiary/aromatic N) is 4. The lowest BCUT2D eigenvalue weighted by molar-refractivity contribution is 0.0796. The van der Waals surface area contributed by atoms with E-state index in [1.165, 1.54) is 0 Å². The lowest BCUT2D eigenvalue weighted by Crippen LogP contribution is -2.55. The molecule has 1 fully saturated rings. The Morgan fingerprint density at radius 3 is 2.72 bits per heavy atom. The van der Waals surface area contributed by atoms with E-state index in [9.17, 15) is 9.59 Å². The monoisotopic (exact) mass is 517 g/mol. The maximum Gasteiger partial charge on any atom is 0.322 e. The van der Waals surface area contributed by atoms with Crippen LogP contribution in [0, 0.1) is 0 Å². The minimum Gasteiger partial charge on any atom is -0.319 e. The Morgan fingerprint density at radius 1 is 1.25 bits per heavy atom. The van der Waals surface area contributed by atoms with Gasteiger partial charge >= 0.3 is 6.03 Å². The lowest BCUT2D eigenvalue weighted by Gasteiger charge is -2.42. The van der Waals surface area contributed by atoms with Gasteiger partial charge in [0, 0.05) is 42.2 Å². The molecule has 1 saturated heterocycles. The molecule has 0 bridgehead atoms. The van der Waals surface area contributed by atoms with E-state index in [0.29, 0.717) is 41.4 Å². The fourth-order valence-corrected chi connectivity index (χ4v) is 4.74. The first-order valence-corrected chi connectivity index (χ1v) is 11.7. The smallest absolute Gasteiger partial charge is 0.319 e. The number of rotatable bonds is 3. The van der Waals surface area contributed by atoms with Gasteiger partial charge in [0.1, 0.15) is 5.82 Å². The van der Waals surface area contributed by atoms with E-state index in [4.69, 9.17) is 16.6 Å². The van der Waals surface area contributed by atoms with Gasteiger partial charge < -0.3 is 10.2 Å². The molecule has 2 atom stereocenters. The molecule has 1 aliphatic heterocycles. The molecule has 1 aliphatic rings. The number of benzene rings is 2. The molecule has 32 heavy (non-hydrogen) atoms. The Labute approximate surface area is 200 Å². The van der Waals surface area contributed by atoms with Gasteiger partial charge in [-0.2, -0.15) is 0 Å². The third-order valence-electron chi connectivity index (χ3n) is 6.03. The summed E-state index contributed by atoms with van der Waals surface area (Å²) < 4.78 is 2.44. The summed E-state index contributed by atoms with van der Waals surface area (Å²) in [6.45, 7) is 6.03. The van der Waals surface area contributed by atoms with Crippen LogP contribution >= 0.6 is 27.5 Å². The number of anilines is 1. The normalized spacial score (nSPS) is 18.0. The summed E-state index contributed by atoms with van der Waals surface area (Å²) in [6.07, 6.45) is 0. The number of urea groups is 1. The van der Waals surface area contributed by atoms with E-state index in [1.54, 1.807) is 29.8 Å². The van der Waals surface area contributed by atoms with Crippen LogP contribution in [-0.4, -0.2) is 51.1 Å². The largest absolute Gasteiger partial charge is 0.322 e.